The van der Waals surface area contributed by atoms with Crippen LogP contribution in [0.5, 0.6) is 0 Å². The minimum absolute atomic E-state index is 0.372. The molecule has 1 aromatic heterocycles. The number of aromatic nitrogens is 2. The molecule has 0 spiro atoms. The van der Waals surface area contributed by atoms with E-state index >= 15 is 0 Å². The van der Waals surface area contributed by atoms with Crippen molar-refractivity contribution >= 4 is 5.82 Å². The van der Waals surface area contributed by atoms with Gasteiger partial charge in [0.1, 0.15) is 17.7 Å². The molecule has 1 aromatic rings. The molecule has 0 amide bonds. The number of rotatable bonds is 1. The van der Waals surface area contributed by atoms with Gasteiger partial charge in [0.2, 0.25) is 0 Å². The predicted molar refractivity (Wildman–Crippen MR) is 41.7 cm³/mol. The SMILES string of the molecule is CC(C)(O)c1cc(N)ncn1. The van der Waals surface area contributed by atoms with E-state index in [1.54, 1.807) is 19.9 Å². The molecule has 0 aliphatic heterocycles. The fraction of sp³-hybridized carbons (Fsp3) is 0.429. The van der Waals surface area contributed by atoms with Crippen molar-refractivity contribution in [3.8, 4) is 0 Å². The average Bonchev–Trinajstić information content (AvgIpc) is 1.86. The lowest BCUT2D eigenvalue weighted by Crippen LogP contribution is -2.17. The van der Waals surface area contributed by atoms with Crippen LogP contribution in [-0.2, 0) is 5.60 Å². The molecular formula is C7H11N3O. The maximum Gasteiger partial charge on any atom is 0.127 e. The van der Waals surface area contributed by atoms with Gasteiger partial charge in [-0.2, -0.15) is 0 Å². The van der Waals surface area contributed by atoms with E-state index in [1.165, 1.54) is 6.33 Å². The summed E-state index contributed by atoms with van der Waals surface area (Å²) in [5, 5.41) is 9.47. The van der Waals surface area contributed by atoms with Crippen molar-refractivity contribution in [1.29, 1.82) is 0 Å². The molecule has 0 fully saturated rings. The number of nitrogen functional groups attached to an aromatic ring is 1. The second kappa shape index (κ2) is 2.47. The normalized spacial score (nSPS) is 11.5. The van der Waals surface area contributed by atoms with Gasteiger partial charge < -0.3 is 10.8 Å². The highest BCUT2D eigenvalue weighted by molar-refractivity contribution is 5.29. The minimum Gasteiger partial charge on any atom is -0.384 e. The van der Waals surface area contributed by atoms with Crippen LogP contribution in [0.15, 0.2) is 12.4 Å². The second-order valence-electron chi connectivity index (χ2n) is 2.89. The zero-order chi connectivity index (χ0) is 8.48. The van der Waals surface area contributed by atoms with Crippen LogP contribution in [-0.4, -0.2) is 15.1 Å². The molecule has 0 aliphatic carbocycles. The van der Waals surface area contributed by atoms with Crippen molar-refractivity contribution in [2.24, 2.45) is 0 Å². The molecule has 1 heterocycles. The molecule has 0 atom stereocenters. The first-order chi connectivity index (χ1) is 5.00. The molecule has 0 aliphatic rings. The van der Waals surface area contributed by atoms with E-state index < -0.39 is 5.60 Å². The first-order valence-corrected chi connectivity index (χ1v) is 3.30. The van der Waals surface area contributed by atoms with Gasteiger partial charge in [-0.15, -0.1) is 0 Å². The largest absolute Gasteiger partial charge is 0.384 e. The Balaban J connectivity index is 3.06. The summed E-state index contributed by atoms with van der Waals surface area (Å²) >= 11 is 0. The van der Waals surface area contributed by atoms with Crippen molar-refractivity contribution in [2.75, 3.05) is 5.73 Å². The molecule has 0 radical (unpaired) electrons. The van der Waals surface area contributed by atoms with Crippen molar-refractivity contribution in [1.82, 2.24) is 9.97 Å². The molecule has 0 unspecified atom stereocenters. The van der Waals surface area contributed by atoms with Crippen molar-refractivity contribution in [3.05, 3.63) is 18.1 Å². The van der Waals surface area contributed by atoms with E-state index in [-0.39, 0.29) is 0 Å². The van der Waals surface area contributed by atoms with Gasteiger partial charge in [-0.25, -0.2) is 9.97 Å². The molecule has 4 heteroatoms. The number of hydrogen-bond acceptors (Lipinski definition) is 4. The Morgan fingerprint density at radius 1 is 1.45 bits per heavy atom. The maximum absolute atomic E-state index is 9.47. The van der Waals surface area contributed by atoms with Crippen LogP contribution < -0.4 is 5.73 Å². The molecule has 60 valence electrons. The van der Waals surface area contributed by atoms with Crippen LogP contribution in [0.25, 0.3) is 0 Å². The Kier molecular flexibility index (Phi) is 1.78. The summed E-state index contributed by atoms with van der Waals surface area (Å²) in [6, 6.07) is 1.56. The fourth-order valence-corrected chi connectivity index (χ4v) is 0.707. The quantitative estimate of drug-likeness (QED) is 0.608. The highest BCUT2D eigenvalue weighted by Gasteiger charge is 2.17. The Morgan fingerprint density at radius 2 is 2.09 bits per heavy atom. The van der Waals surface area contributed by atoms with Gasteiger partial charge in [0.25, 0.3) is 0 Å². The molecule has 0 bridgehead atoms. The molecule has 11 heavy (non-hydrogen) atoms. The van der Waals surface area contributed by atoms with Gasteiger partial charge >= 0.3 is 0 Å². The predicted octanol–water partition coefficient (Wildman–Crippen LogP) is 0.286. The second-order valence-corrected chi connectivity index (χ2v) is 2.89. The summed E-state index contributed by atoms with van der Waals surface area (Å²) in [6.07, 6.45) is 1.34. The smallest absolute Gasteiger partial charge is 0.127 e. The molecule has 3 N–H and O–H groups in total. The first-order valence-electron chi connectivity index (χ1n) is 3.30. The topological polar surface area (TPSA) is 72.0 Å². The third kappa shape index (κ3) is 1.88. The van der Waals surface area contributed by atoms with Crippen LogP contribution in [0.2, 0.25) is 0 Å². The third-order valence-corrected chi connectivity index (χ3v) is 1.32. The van der Waals surface area contributed by atoms with Crippen molar-refractivity contribution in [3.63, 3.8) is 0 Å². The molecule has 0 aromatic carbocycles. The van der Waals surface area contributed by atoms with Crippen LogP contribution in [0.3, 0.4) is 0 Å². The number of aliphatic hydroxyl groups is 1. The Labute approximate surface area is 65.1 Å². The van der Waals surface area contributed by atoms with Gasteiger partial charge in [-0.3, -0.25) is 0 Å². The minimum atomic E-state index is -0.947. The van der Waals surface area contributed by atoms with Crippen LogP contribution in [0, 0.1) is 0 Å². The fourth-order valence-electron chi connectivity index (χ4n) is 0.707. The third-order valence-electron chi connectivity index (χ3n) is 1.32. The lowest BCUT2D eigenvalue weighted by atomic mass is 10.1. The van der Waals surface area contributed by atoms with Crippen molar-refractivity contribution in [2.45, 2.75) is 19.4 Å². The average molecular weight is 153 g/mol. The Hall–Kier alpha value is -1.16. The van der Waals surface area contributed by atoms with Crippen LogP contribution in [0.4, 0.5) is 5.82 Å². The standard InChI is InChI=1S/C7H11N3O/c1-7(2,11)5-3-6(8)10-4-9-5/h3-4,11H,1-2H3,(H2,8,9,10). The lowest BCUT2D eigenvalue weighted by Gasteiger charge is -2.15. The highest BCUT2D eigenvalue weighted by atomic mass is 16.3. The van der Waals surface area contributed by atoms with E-state index in [0.29, 0.717) is 11.5 Å². The highest BCUT2D eigenvalue weighted by Crippen LogP contribution is 2.16. The van der Waals surface area contributed by atoms with E-state index in [0.717, 1.165) is 0 Å². The summed E-state index contributed by atoms with van der Waals surface area (Å²) < 4.78 is 0. The van der Waals surface area contributed by atoms with E-state index in [4.69, 9.17) is 5.73 Å². The van der Waals surface area contributed by atoms with Gasteiger partial charge in [0.05, 0.1) is 5.69 Å². The van der Waals surface area contributed by atoms with Gasteiger partial charge in [-0.1, -0.05) is 0 Å². The van der Waals surface area contributed by atoms with Crippen molar-refractivity contribution < 1.29 is 5.11 Å². The van der Waals surface area contributed by atoms with E-state index in [9.17, 15) is 5.11 Å². The number of nitrogens with zero attached hydrogens (tertiary/aromatic N) is 2. The lowest BCUT2D eigenvalue weighted by molar-refractivity contribution is 0.0737. The van der Waals surface area contributed by atoms with Gasteiger partial charge in [0.15, 0.2) is 0 Å². The number of nitrogens with two attached hydrogens (primary N) is 1. The van der Waals surface area contributed by atoms with E-state index in [2.05, 4.69) is 9.97 Å². The van der Waals surface area contributed by atoms with Gasteiger partial charge in [-0.05, 0) is 13.8 Å². The molecule has 1 rings (SSSR count). The molecule has 0 saturated carbocycles. The monoisotopic (exact) mass is 153 g/mol. The zero-order valence-corrected chi connectivity index (χ0v) is 6.57. The zero-order valence-electron chi connectivity index (χ0n) is 6.57. The summed E-state index contributed by atoms with van der Waals surface area (Å²) in [4.78, 5) is 7.58. The summed E-state index contributed by atoms with van der Waals surface area (Å²) in [7, 11) is 0. The van der Waals surface area contributed by atoms with Crippen LogP contribution in [0.1, 0.15) is 19.5 Å². The molecule has 4 nitrogen and oxygen atoms in total. The molecular weight excluding hydrogens is 142 g/mol. The Bertz CT molecular complexity index is 254. The van der Waals surface area contributed by atoms with Gasteiger partial charge in [0, 0.05) is 6.07 Å². The summed E-state index contributed by atoms with van der Waals surface area (Å²) in [6.45, 7) is 3.30. The van der Waals surface area contributed by atoms with Crippen LogP contribution >= 0.6 is 0 Å². The summed E-state index contributed by atoms with van der Waals surface area (Å²) in [5.74, 6) is 0.372. The number of hydrogen-bond donors (Lipinski definition) is 2. The van der Waals surface area contributed by atoms with E-state index in [1.807, 2.05) is 0 Å². The number of anilines is 1. The summed E-state index contributed by atoms with van der Waals surface area (Å²) in [5.41, 5.74) is 4.98. The Morgan fingerprint density at radius 3 is 2.45 bits per heavy atom. The maximum atomic E-state index is 9.47. The first kappa shape index (κ1) is 7.94. The molecule has 0 saturated heterocycles.